The van der Waals surface area contributed by atoms with E-state index in [0.717, 1.165) is 0 Å². The molecule has 0 aliphatic heterocycles. The third-order valence-electron chi connectivity index (χ3n) is 4.81. The van der Waals surface area contributed by atoms with Crippen molar-refractivity contribution in [3.05, 3.63) is 68.9 Å². The summed E-state index contributed by atoms with van der Waals surface area (Å²) in [6, 6.07) is 11.3. The molecule has 1 aromatic heterocycles. The molecule has 34 heavy (non-hydrogen) atoms. The minimum absolute atomic E-state index is 0.139. The molecule has 0 aliphatic carbocycles. The third kappa shape index (κ3) is 7.12. The Bertz CT molecular complexity index is 1190. The van der Waals surface area contributed by atoms with Crippen LogP contribution < -0.4 is 10.6 Å². The molecule has 0 bridgehead atoms. The van der Waals surface area contributed by atoms with E-state index in [9.17, 15) is 9.59 Å². The van der Waals surface area contributed by atoms with E-state index in [-0.39, 0.29) is 28.5 Å². The summed E-state index contributed by atoms with van der Waals surface area (Å²) in [6.07, 6.45) is 0.642. The van der Waals surface area contributed by atoms with Gasteiger partial charge < -0.3 is 15.2 Å². The molecule has 7 nitrogen and oxygen atoms in total. The van der Waals surface area contributed by atoms with Crippen LogP contribution >= 0.6 is 46.6 Å². The minimum Gasteiger partial charge on any atom is -0.342 e. The van der Waals surface area contributed by atoms with Crippen molar-refractivity contribution in [3.8, 4) is 0 Å². The molecule has 0 unspecified atom stereocenters. The number of nitrogens with one attached hydrogen (secondary N) is 2. The highest BCUT2D eigenvalue weighted by Gasteiger charge is 2.24. The van der Waals surface area contributed by atoms with E-state index in [1.54, 1.807) is 48.0 Å². The summed E-state index contributed by atoms with van der Waals surface area (Å²) in [5.41, 5.74) is 0.951. The van der Waals surface area contributed by atoms with E-state index in [2.05, 4.69) is 34.7 Å². The fourth-order valence-corrected chi connectivity index (χ4v) is 4.66. The molecule has 3 aromatic rings. The van der Waals surface area contributed by atoms with Gasteiger partial charge in [0.2, 0.25) is 5.91 Å². The van der Waals surface area contributed by atoms with Gasteiger partial charge in [0, 0.05) is 22.8 Å². The number of carbonyl (C=O) groups is 2. The van der Waals surface area contributed by atoms with Crippen molar-refractivity contribution in [2.24, 2.45) is 13.0 Å². The standard InChI is InChI=1S/C23H24Cl3N5O2S/c1-13(2)9-19(28-22(33)17-8-7-15(25)11-18(17)26)21-29-30-23(31(21)3)34-12-20(32)27-16-6-4-5-14(24)10-16/h4-8,10-11,13,19H,9,12H2,1-3H3,(H,27,32)(H,28,33)/t19-/m1/s1. The average Bonchev–Trinajstić information content (AvgIpc) is 3.11. The van der Waals surface area contributed by atoms with Crippen LogP contribution in [0.1, 0.15) is 42.5 Å². The Morgan fingerprint density at radius 3 is 2.47 bits per heavy atom. The van der Waals surface area contributed by atoms with E-state index in [1.807, 2.05) is 0 Å². The van der Waals surface area contributed by atoms with Gasteiger partial charge in [-0.15, -0.1) is 10.2 Å². The highest BCUT2D eigenvalue weighted by atomic mass is 35.5. The quantitative estimate of drug-likeness (QED) is 0.324. The van der Waals surface area contributed by atoms with Crippen LogP contribution in [-0.2, 0) is 11.8 Å². The van der Waals surface area contributed by atoms with Crippen molar-refractivity contribution in [1.82, 2.24) is 20.1 Å². The van der Waals surface area contributed by atoms with Gasteiger partial charge in [0.25, 0.3) is 5.91 Å². The molecular formula is C23H24Cl3N5O2S. The molecule has 0 spiro atoms. The Morgan fingerprint density at radius 2 is 1.79 bits per heavy atom. The lowest BCUT2D eigenvalue weighted by molar-refractivity contribution is -0.113. The van der Waals surface area contributed by atoms with Gasteiger partial charge in [-0.3, -0.25) is 9.59 Å². The average molecular weight is 541 g/mol. The maximum atomic E-state index is 12.9. The first-order chi connectivity index (χ1) is 16.1. The van der Waals surface area contributed by atoms with Crippen molar-refractivity contribution < 1.29 is 9.59 Å². The Kier molecular flexibility index (Phi) is 9.24. The molecule has 0 saturated carbocycles. The van der Waals surface area contributed by atoms with Crippen molar-refractivity contribution in [3.63, 3.8) is 0 Å². The van der Waals surface area contributed by atoms with Crippen LogP contribution in [0.2, 0.25) is 15.1 Å². The summed E-state index contributed by atoms with van der Waals surface area (Å²) in [7, 11) is 1.81. The highest BCUT2D eigenvalue weighted by Crippen LogP contribution is 2.26. The summed E-state index contributed by atoms with van der Waals surface area (Å²) in [4.78, 5) is 25.3. The van der Waals surface area contributed by atoms with E-state index < -0.39 is 6.04 Å². The number of hydrogen-bond donors (Lipinski definition) is 2. The van der Waals surface area contributed by atoms with Crippen LogP contribution in [0, 0.1) is 5.92 Å². The summed E-state index contributed by atoms with van der Waals surface area (Å²) >= 11 is 19.4. The summed E-state index contributed by atoms with van der Waals surface area (Å²) in [6.45, 7) is 4.11. The number of halogens is 3. The van der Waals surface area contributed by atoms with Crippen molar-refractivity contribution in [2.45, 2.75) is 31.5 Å². The van der Waals surface area contributed by atoms with Gasteiger partial charge in [0.05, 0.1) is 22.4 Å². The largest absolute Gasteiger partial charge is 0.342 e. The van der Waals surface area contributed by atoms with E-state index in [0.29, 0.717) is 38.7 Å². The zero-order valence-corrected chi connectivity index (χ0v) is 21.9. The van der Waals surface area contributed by atoms with Crippen LogP contribution in [0.3, 0.4) is 0 Å². The molecular weight excluding hydrogens is 517 g/mol. The highest BCUT2D eigenvalue weighted by molar-refractivity contribution is 7.99. The summed E-state index contributed by atoms with van der Waals surface area (Å²) in [5.74, 6) is 0.485. The Balaban J connectivity index is 1.70. The summed E-state index contributed by atoms with van der Waals surface area (Å²) in [5, 5.41) is 16.2. The van der Waals surface area contributed by atoms with Crippen LogP contribution in [0.5, 0.6) is 0 Å². The molecule has 2 N–H and O–H groups in total. The maximum absolute atomic E-state index is 12.9. The van der Waals surface area contributed by atoms with Crippen LogP contribution in [0.15, 0.2) is 47.6 Å². The molecule has 0 aliphatic rings. The maximum Gasteiger partial charge on any atom is 0.253 e. The number of hydrogen-bond acceptors (Lipinski definition) is 5. The van der Waals surface area contributed by atoms with Crippen molar-refractivity contribution >= 4 is 64.1 Å². The molecule has 2 aromatic carbocycles. The first-order valence-electron chi connectivity index (χ1n) is 10.5. The van der Waals surface area contributed by atoms with Crippen molar-refractivity contribution in [2.75, 3.05) is 11.1 Å². The normalized spacial score (nSPS) is 12.0. The predicted octanol–water partition coefficient (Wildman–Crippen LogP) is 6.02. The molecule has 3 rings (SSSR count). The Hall–Kier alpha value is -2.26. The van der Waals surface area contributed by atoms with E-state index in [4.69, 9.17) is 34.8 Å². The number of amides is 2. The van der Waals surface area contributed by atoms with Crippen LogP contribution in [-0.4, -0.2) is 32.3 Å². The number of anilines is 1. The molecule has 1 heterocycles. The first-order valence-corrected chi connectivity index (χ1v) is 12.6. The van der Waals surface area contributed by atoms with Gasteiger partial charge in [0.15, 0.2) is 11.0 Å². The van der Waals surface area contributed by atoms with Crippen molar-refractivity contribution in [1.29, 1.82) is 0 Å². The number of nitrogens with zero attached hydrogens (tertiary/aromatic N) is 3. The predicted molar refractivity (Wildman–Crippen MR) is 138 cm³/mol. The molecule has 2 amide bonds. The Labute approximate surface area is 217 Å². The smallest absolute Gasteiger partial charge is 0.253 e. The zero-order chi connectivity index (χ0) is 24.8. The Morgan fingerprint density at radius 1 is 1.06 bits per heavy atom. The molecule has 0 radical (unpaired) electrons. The first kappa shape index (κ1) is 26.3. The van der Waals surface area contributed by atoms with E-state index in [1.165, 1.54) is 17.8 Å². The minimum atomic E-state index is -0.397. The molecule has 1 atom stereocenters. The second-order valence-corrected chi connectivity index (χ2v) is 10.2. The van der Waals surface area contributed by atoms with Gasteiger partial charge >= 0.3 is 0 Å². The summed E-state index contributed by atoms with van der Waals surface area (Å²) < 4.78 is 1.79. The number of aromatic nitrogens is 3. The lowest BCUT2D eigenvalue weighted by Gasteiger charge is -2.20. The van der Waals surface area contributed by atoms with E-state index >= 15 is 0 Å². The van der Waals surface area contributed by atoms with Gasteiger partial charge in [0.1, 0.15) is 0 Å². The zero-order valence-electron chi connectivity index (χ0n) is 18.8. The fourth-order valence-electron chi connectivity index (χ4n) is 3.26. The second kappa shape index (κ2) is 11.9. The van der Waals surface area contributed by atoms with Gasteiger partial charge in [-0.2, -0.15) is 0 Å². The molecule has 0 fully saturated rings. The SMILES string of the molecule is CC(C)C[C@@H](NC(=O)c1ccc(Cl)cc1Cl)c1nnc(SCC(=O)Nc2cccc(Cl)c2)n1C. The number of benzene rings is 2. The molecule has 180 valence electrons. The van der Waals surface area contributed by atoms with Gasteiger partial charge in [-0.1, -0.05) is 66.5 Å². The lowest BCUT2D eigenvalue weighted by atomic mass is 10.0. The fraction of sp³-hybridized carbons (Fsp3) is 0.304. The molecule has 11 heteroatoms. The number of rotatable bonds is 9. The topological polar surface area (TPSA) is 88.9 Å². The number of thioether (sulfide) groups is 1. The van der Waals surface area contributed by atoms with Gasteiger partial charge in [-0.05, 0) is 48.7 Å². The monoisotopic (exact) mass is 539 g/mol. The lowest BCUT2D eigenvalue weighted by Crippen LogP contribution is -2.31. The second-order valence-electron chi connectivity index (χ2n) is 8.03. The van der Waals surface area contributed by atoms with Crippen LogP contribution in [0.4, 0.5) is 5.69 Å². The van der Waals surface area contributed by atoms with Gasteiger partial charge in [-0.25, -0.2) is 0 Å². The number of carbonyl (C=O) groups excluding carboxylic acids is 2. The van der Waals surface area contributed by atoms with Crippen LogP contribution in [0.25, 0.3) is 0 Å². The molecule has 0 saturated heterocycles. The third-order valence-corrected chi connectivity index (χ3v) is 6.61.